The van der Waals surface area contributed by atoms with Crippen LogP contribution in [0.1, 0.15) is 44.6 Å². The number of aromatic nitrogens is 4. The molecule has 0 radical (unpaired) electrons. The van der Waals surface area contributed by atoms with E-state index >= 15 is 0 Å². The summed E-state index contributed by atoms with van der Waals surface area (Å²) in [4.78, 5) is 32.1. The monoisotopic (exact) mass is 349 g/mol. The van der Waals surface area contributed by atoms with Gasteiger partial charge in [-0.2, -0.15) is 5.10 Å². The third-order valence-electron chi connectivity index (χ3n) is 4.29. The number of carbonyl (C=O) groups is 2. The lowest BCUT2D eigenvalue weighted by molar-refractivity contribution is 0.100. The van der Waals surface area contributed by atoms with E-state index in [9.17, 15) is 9.59 Å². The zero-order valence-electron chi connectivity index (χ0n) is 15.1. The van der Waals surface area contributed by atoms with E-state index in [2.05, 4.69) is 20.4 Å². The van der Waals surface area contributed by atoms with Crippen LogP contribution < -0.4 is 5.32 Å². The van der Waals surface area contributed by atoms with E-state index in [0.717, 1.165) is 17.0 Å². The molecule has 1 N–H and O–H groups in total. The third kappa shape index (κ3) is 3.37. The Morgan fingerprint density at radius 3 is 2.04 bits per heavy atom. The molecule has 26 heavy (non-hydrogen) atoms. The average Bonchev–Trinajstić information content (AvgIpc) is 2.90. The van der Waals surface area contributed by atoms with Gasteiger partial charge in [0.15, 0.2) is 5.78 Å². The highest BCUT2D eigenvalue weighted by Crippen LogP contribution is 2.15. The molecule has 0 saturated heterocycles. The molecule has 1 amide bonds. The van der Waals surface area contributed by atoms with E-state index in [1.807, 2.05) is 20.8 Å². The summed E-state index contributed by atoms with van der Waals surface area (Å²) in [5.74, 6) is 0.112. The Hall–Kier alpha value is -3.35. The highest BCUT2D eigenvalue weighted by Gasteiger charge is 2.12. The van der Waals surface area contributed by atoms with E-state index < -0.39 is 0 Å². The number of anilines is 1. The van der Waals surface area contributed by atoms with Crippen LogP contribution >= 0.6 is 0 Å². The van der Waals surface area contributed by atoms with E-state index in [4.69, 9.17) is 0 Å². The zero-order chi connectivity index (χ0) is 18.8. The third-order valence-corrected chi connectivity index (χ3v) is 4.29. The molecule has 3 rings (SSSR count). The van der Waals surface area contributed by atoms with Crippen molar-refractivity contribution in [1.82, 2.24) is 19.7 Å². The Morgan fingerprint density at radius 1 is 0.962 bits per heavy atom. The fourth-order valence-electron chi connectivity index (χ4n) is 2.47. The standard InChI is InChI=1S/C19H19N5O2/c1-11-12(2)23-24(13(11)3)19-20-9-17(10-21-19)22-18(26)16-7-5-15(6-8-16)14(4)25/h5-10H,1-4H3,(H,22,26). The van der Waals surface area contributed by atoms with Gasteiger partial charge in [-0.05, 0) is 45.4 Å². The second-order valence-electron chi connectivity index (χ2n) is 6.07. The van der Waals surface area contributed by atoms with Gasteiger partial charge in [0.1, 0.15) is 0 Å². The molecule has 0 bridgehead atoms. The van der Waals surface area contributed by atoms with E-state index in [-0.39, 0.29) is 11.7 Å². The van der Waals surface area contributed by atoms with Crippen molar-refractivity contribution in [2.75, 3.05) is 5.32 Å². The molecule has 0 aliphatic rings. The fourth-order valence-corrected chi connectivity index (χ4v) is 2.47. The fraction of sp³-hybridized carbons (Fsp3) is 0.211. The number of aryl methyl sites for hydroxylation is 1. The van der Waals surface area contributed by atoms with Gasteiger partial charge in [-0.15, -0.1) is 0 Å². The first-order chi connectivity index (χ1) is 12.4. The van der Waals surface area contributed by atoms with Gasteiger partial charge in [-0.3, -0.25) is 9.59 Å². The van der Waals surface area contributed by atoms with Gasteiger partial charge in [-0.1, -0.05) is 12.1 Å². The predicted molar refractivity (Wildman–Crippen MR) is 97.8 cm³/mol. The number of amides is 1. The number of rotatable bonds is 4. The van der Waals surface area contributed by atoms with Crippen molar-refractivity contribution in [2.45, 2.75) is 27.7 Å². The van der Waals surface area contributed by atoms with Crippen molar-refractivity contribution in [1.29, 1.82) is 0 Å². The maximum Gasteiger partial charge on any atom is 0.255 e. The number of carbonyl (C=O) groups excluding carboxylic acids is 2. The number of nitrogens with zero attached hydrogens (tertiary/aromatic N) is 4. The smallest absolute Gasteiger partial charge is 0.255 e. The number of ketones is 1. The Kier molecular flexibility index (Phi) is 4.62. The van der Waals surface area contributed by atoms with Gasteiger partial charge in [0, 0.05) is 16.8 Å². The molecule has 3 aromatic rings. The lowest BCUT2D eigenvalue weighted by Gasteiger charge is -2.07. The van der Waals surface area contributed by atoms with Crippen molar-refractivity contribution in [3.63, 3.8) is 0 Å². The van der Waals surface area contributed by atoms with Gasteiger partial charge >= 0.3 is 0 Å². The largest absolute Gasteiger partial charge is 0.319 e. The van der Waals surface area contributed by atoms with Crippen LogP contribution in [0.25, 0.3) is 5.95 Å². The van der Waals surface area contributed by atoms with Crippen molar-refractivity contribution in [3.05, 3.63) is 64.7 Å². The quantitative estimate of drug-likeness (QED) is 0.731. The minimum absolute atomic E-state index is 0.0414. The molecule has 7 heteroatoms. The van der Waals surface area contributed by atoms with Crippen molar-refractivity contribution < 1.29 is 9.59 Å². The van der Waals surface area contributed by atoms with Crippen LogP contribution in [0, 0.1) is 20.8 Å². The van der Waals surface area contributed by atoms with E-state index in [1.54, 1.807) is 28.9 Å². The molecule has 1 aromatic carbocycles. The van der Waals surface area contributed by atoms with Crippen LogP contribution in [0.15, 0.2) is 36.7 Å². The SMILES string of the molecule is CC(=O)c1ccc(C(=O)Nc2cnc(-n3nc(C)c(C)c3C)nc2)cc1. The number of hydrogen-bond donors (Lipinski definition) is 1. The van der Waals surface area contributed by atoms with Crippen molar-refractivity contribution >= 4 is 17.4 Å². The Bertz CT molecular complexity index is 972. The summed E-state index contributed by atoms with van der Waals surface area (Å²) in [6.45, 7) is 7.38. The molecule has 2 heterocycles. The molecule has 7 nitrogen and oxygen atoms in total. The average molecular weight is 349 g/mol. The van der Waals surface area contributed by atoms with Gasteiger partial charge in [0.25, 0.3) is 11.9 Å². The maximum atomic E-state index is 12.3. The van der Waals surface area contributed by atoms with Gasteiger partial charge in [0.05, 0.1) is 23.8 Å². The molecule has 0 spiro atoms. The molecule has 0 fully saturated rings. The van der Waals surface area contributed by atoms with E-state index in [0.29, 0.717) is 22.8 Å². The van der Waals surface area contributed by atoms with E-state index in [1.165, 1.54) is 19.3 Å². The molecule has 132 valence electrons. The molecule has 0 aliphatic carbocycles. The molecule has 2 aromatic heterocycles. The second kappa shape index (κ2) is 6.87. The van der Waals surface area contributed by atoms with Crippen molar-refractivity contribution in [2.24, 2.45) is 0 Å². The van der Waals surface area contributed by atoms with Crippen LogP contribution in [0.2, 0.25) is 0 Å². The first-order valence-electron chi connectivity index (χ1n) is 8.14. The summed E-state index contributed by atoms with van der Waals surface area (Å²) in [5.41, 5.74) is 4.50. The predicted octanol–water partition coefficient (Wildman–Crippen LogP) is 3.04. The molecular formula is C19H19N5O2. The lowest BCUT2D eigenvalue weighted by atomic mass is 10.1. The van der Waals surface area contributed by atoms with Gasteiger partial charge in [-0.25, -0.2) is 14.6 Å². The molecule has 0 saturated carbocycles. The number of Topliss-reactive ketones (excluding diaryl/α,β-unsaturated/α-hetero) is 1. The topological polar surface area (TPSA) is 89.8 Å². The summed E-state index contributed by atoms with van der Waals surface area (Å²) >= 11 is 0. The normalized spacial score (nSPS) is 10.6. The van der Waals surface area contributed by atoms with Crippen LogP contribution in [-0.4, -0.2) is 31.4 Å². The van der Waals surface area contributed by atoms with Gasteiger partial charge in [0.2, 0.25) is 0 Å². The number of benzene rings is 1. The van der Waals surface area contributed by atoms with Crippen LogP contribution in [-0.2, 0) is 0 Å². The van der Waals surface area contributed by atoms with Crippen LogP contribution in [0.4, 0.5) is 5.69 Å². The minimum atomic E-state index is -0.293. The minimum Gasteiger partial charge on any atom is -0.319 e. The molecule has 0 aliphatic heterocycles. The molecule has 0 unspecified atom stereocenters. The molecule has 0 atom stereocenters. The van der Waals surface area contributed by atoms with Gasteiger partial charge < -0.3 is 5.32 Å². The first kappa shape index (κ1) is 17.5. The summed E-state index contributed by atoms with van der Waals surface area (Å²) in [6.07, 6.45) is 3.08. The first-order valence-corrected chi connectivity index (χ1v) is 8.14. The Morgan fingerprint density at radius 2 is 1.54 bits per heavy atom. The summed E-state index contributed by atoms with van der Waals surface area (Å²) in [6, 6.07) is 6.48. The summed E-state index contributed by atoms with van der Waals surface area (Å²) in [7, 11) is 0. The Labute approximate surface area is 151 Å². The Balaban J connectivity index is 1.75. The zero-order valence-corrected chi connectivity index (χ0v) is 15.1. The number of nitrogens with one attached hydrogen (secondary N) is 1. The lowest BCUT2D eigenvalue weighted by Crippen LogP contribution is -2.13. The molecular weight excluding hydrogens is 330 g/mol. The van der Waals surface area contributed by atoms with Crippen molar-refractivity contribution in [3.8, 4) is 5.95 Å². The van der Waals surface area contributed by atoms with Crippen LogP contribution in [0.5, 0.6) is 0 Å². The number of hydrogen-bond acceptors (Lipinski definition) is 5. The second-order valence-corrected chi connectivity index (χ2v) is 6.07. The highest BCUT2D eigenvalue weighted by atomic mass is 16.1. The van der Waals surface area contributed by atoms with Crippen LogP contribution in [0.3, 0.4) is 0 Å². The summed E-state index contributed by atoms with van der Waals surface area (Å²) < 4.78 is 1.68. The highest BCUT2D eigenvalue weighted by molar-refractivity contribution is 6.04. The summed E-state index contributed by atoms with van der Waals surface area (Å²) in [5, 5.41) is 7.16. The maximum absolute atomic E-state index is 12.3.